The van der Waals surface area contributed by atoms with E-state index in [0.29, 0.717) is 28.8 Å². The van der Waals surface area contributed by atoms with Crippen molar-refractivity contribution in [2.75, 3.05) is 13.2 Å². The number of amides is 1. The molecule has 1 amide bonds. The van der Waals surface area contributed by atoms with Crippen LogP contribution < -0.4 is 9.47 Å². The molecule has 0 aliphatic carbocycles. The first-order valence-electron chi connectivity index (χ1n) is 9.41. The van der Waals surface area contributed by atoms with E-state index in [1.165, 1.54) is 0 Å². The smallest absolute Gasteiger partial charge is 0.254 e. The van der Waals surface area contributed by atoms with Crippen molar-refractivity contribution in [2.45, 2.75) is 45.3 Å². The molecule has 4 nitrogen and oxygen atoms in total. The SMILES string of the molecule is CC(C)(C)Oc1ccc(OCC2CCCN2C(=O)c2ccc(Cl)c(Cl)c2)cc1. The Hall–Kier alpha value is -1.91. The number of likely N-dealkylation sites (tertiary alicyclic amines) is 1. The van der Waals surface area contributed by atoms with Gasteiger partial charge in [0.1, 0.15) is 23.7 Å². The van der Waals surface area contributed by atoms with Crippen LogP contribution in [-0.4, -0.2) is 35.6 Å². The van der Waals surface area contributed by atoms with E-state index in [2.05, 4.69) is 0 Å². The quantitative estimate of drug-likeness (QED) is 0.606. The molecule has 3 rings (SSSR count). The van der Waals surface area contributed by atoms with Crippen molar-refractivity contribution in [3.05, 3.63) is 58.1 Å². The average Bonchev–Trinajstić information content (AvgIpc) is 3.10. The summed E-state index contributed by atoms with van der Waals surface area (Å²) in [4.78, 5) is 14.7. The lowest BCUT2D eigenvalue weighted by molar-refractivity contribution is 0.0691. The molecule has 6 heteroatoms. The van der Waals surface area contributed by atoms with Gasteiger partial charge in [-0.1, -0.05) is 23.2 Å². The molecule has 0 spiro atoms. The van der Waals surface area contributed by atoms with Gasteiger partial charge in [-0.2, -0.15) is 0 Å². The van der Waals surface area contributed by atoms with Gasteiger partial charge in [0.25, 0.3) is 5.91 Å². The summed E-state index contributed by atoms with van der Waals surface area (Å²) >= 11 is 12.0. The maximum absolute atomic E-state index is 12.9. The van der Waals surface area contributed by atoms with E-state index in [4.69, 9.17) is 32.7 Å². The van der Waals surface area contributed by atoms with Crippen LogP contribution >= 0.6 is 23.2 Å². The molecule has 1 aliphatic rings. The third-order valence-electron chi connectivity index (χ3n) is 4.49. The fourth-order valence-corrected chi connectivity index (χ4v) is 3.52. The van der Waals surface area contributed by atoms with E-state index >= 15 is 0 Å². The fourth-order valence-electron chi connectivity index (χ4n) is 3.22. The molecule has 1 saturated heterocycles. The number of hydrogen-bond donors (Lipinski definition) is 0. The highest BCUT2D eigenvalue weighted by molar-refractivity contribution is 6.42. The van der Waals surface area contributed by atoms with Gasteiger partial charge in [0, 0.05) is 12.1 Å². The number of carbonyl (C=O) groups excluding carboxylic acids is 1. The van der Waals surface area contributed by atoms with Gasteiger partial charge in [-0.3, -0.25) is 4.79 Å². The molecule has 1 unspecified atom stereocenters. The number of ether oxygens (including phenoxy) is 2. The van der Waals surface area contributed by atoms with Crippen molar-refractivity contribution in [1.82, 2.24) is 4.90 Å². The second-order valence-electron chi connectivity index (χ2n) is 7.92. The number of carbonyl (C=O) groups is 1. The third kappa shape index (κ3) is 5.33. The van der Waals surface area contributed by atoms with E-state index in [9.17, 15) is 4.79 Å². The van der Waals surface area contributed by atoms with Gasteiger partial charge in [-0.15, -0.1) is 0 Å². The third-order valence-corrected chi connectivity index (χ3v) is 5.23. The second-order valence-corrected chi connectivity index (χ2v) is 8.73. The molecule has 0 radical (unpaired) electrons. The number of benzene rings is 2. The van der Waals surface area contributed by atoms with Crippen molar-refractivity contribution in [1.29, 1.82) is 0 Å². The van der Waals surface area contributed by atoms with Crippen LogP contribution in [0.15, 0.2) is 42.5 Å². The van der Waals surface area contributed by atoms with Gasteiger partial charge in [-0.05, 0) is 76.1 Å². The van der Waals surface area contributed by atoms with E-state index in [1.807, 2.05) is 49.9 Å². The Morgan fingerprint density at radius 2 is 1.75 bits per heavy atom. The lowest BCUT2D eigenvalue weighted by atomic mass is 10.1. The molecular weight excluding hydrogens is 397 g/mol. The van der Waals surface area contributed by atoms with Crippen LogP contribution in [0, 0.1) is 0 Å². The minimum absolute atomic E-state index is 0.0347. The summed E-state index contributed by atoms with van der Waals surface area (Å²) in [7, 11) is 0. The zero-order valence-corrected chi connectivity index (χ0v) is 17.9. The Kier molecular flexibility index (Phi) is 6.41. The summed E-state index contributed by atoms with van der Waals surface area (Å²) in [6, 6.07) is 12.6. The number of rotatable bonds is 5. The lowest BCUT2D eigenvalue weighted by Crippen LogP contribution is -2.39. The van der Waals surface area contributed by atoms with Crippen LogP contribution in [0.2, 0.25) is 10.0 Å². The van der Waals surface area contributed by atoms with Crippen LogP contribution in [0.25, 0.3) is 0 Å². The minimum atomic E-state index is -0.238. The van der Waals surface area contributed by atoms with Gasteiger partial charge >= 0.3 is 0 Å². The molecule has 2 aromatic rings. The topological polar surface area (TPSA) is 38.8 Å². The Labute approximate surface area is 176 Å². The molecule has 150 valence electrons. The Morgan fingerprint density at radius 3 is 2.39 bits per heavy atom. The molecule has 0 saturated carbocycles. The first-order valence-corrected chi connectivity index (χ1v) is 10.2. The predicted octanol–water partition coefficient (Wildman–Crippen LogP) is 5.85. The number of nitrogens with zero attached hydrogens (tertiary/aromatic N) is 1. The Bertz CT molecular complexity index is 831. The van der Waals surface area contributed by atoms with Gasteiger partial charge in [-0.25, -0.2) is 0 Å². The molecule has 1 fully saturated rings. The molecule has 1 atom stereocenters. The molecule has 2 aromatic carbocycles. The summed E-state index contributed by atoms with van der Waals surface area (Å²) in [6.45, 7) is 7.20. The highest BCUT2D eigenvalue weighted by atomic mass is 35.5. The molecule has 0 bridgehead atoms. The summed E-state index contributed by atoms with van der Waals surface area (Å²) < 4.78 is 11.8. The van der Waals surface area contributed by atoms with E-state index < -0.39 is 0 Å². The van der Waals surface area contributed by atoms with Crippen molar-refractivity contribution >= 4 is 29.1 Å². The number of hydrogen-bond acceptors (Lipinski definition) is 3. The maximum Gasteiger partial charge on any atom is 0.254 e. The predicted molar refractivity (Wildman–Crippen MR) is 113 cm³/mol. The van der Waals surface area contributed by atoms with Crippen LogP contribution in [-0.2, 0) is 0 Å². The van der Waals surface area contributed by atoms with Gasteiger partial charge < -0.3 is 14.4 Å². The summed E-state index contributed by atoms with van der Waals surface area (Å²) in [6.07, 6.45) is 1.87. The van der Waals surface area contributed by atoms with Crippen molar-refractivity contribution in [3.63, 3.8) is 0 Å². The van der Waals surface area contributed by atoms with Crippen molar-refractivity contribution in [3.8, 4) is 11.5 Å². The van der Waals surface area contributed by atoms with Crippen molar-refractivity contribution < 1.29 is 14.3 Å². The number of halogens is 2. The largest absolute Gasteiger partial charge is 0.491 e. The van der Waals surface area contributed by atoms with Gasteiger partial charge in [0.05, 0.1) is 16.1 Å². The molecular formula is C22H25Cl2NO3. The highest BCUT2D eigenvalue weighted by Gasteiger charge is 2.30. The Balaban J connectivity index is 1.60. The van der Waals surface area contributed by atoms with Gasteiger partial charge in [0.2, 0.25) is 0 Å². The van der Waals surface area contributed by atoms with Crippen LogP contribution in [0.4, 0.5) is 0 Å². The fraction of sp³-hybridized carbons (Fsp3) is 0.409. The van der Waals surface area contributed by atoms with E-state index in [0.717, 1.165) is 24.3 Å². The van der Waals surface area contributed by atoms with Gasteiger partial charge in [0.15, 0.2) is 0 Å². The first-order chi connectivity index (χ1) is 13.2. The lowest BCUT2D eigenvalue weighted by Gasteiger charge is -2.25. The van der Waals surface area contributed by atoms with Crippen LogP contribution in [0.1, 0.15) is 44.0 Å². The molecule has 0 aromatic heterocycles. The average molecular weight is 422 g/mol. The summed E-state index contributed by atoms with van der Waals surface area (Å²) in [5.74, 6) is 1.52. The summed E-state index contributed by atoms with van der Waals surface area (Å²) in [5, 5.41) is 0.829. The normalized spacial score (nSPS) is 16.9. The monoisotopic (exact) mass is 421 g/mol. The van der Waals surface area contributed by atoms with Crippen LogP contribution in [0.5, 0.6) is 11.5 Å². The zero-order valence-electron chi connectivity index (χ0n) is 16.4. The maximum atomic E-state index is 12.9. The van der Waals surface area contributed by atoms with Crippen molar-refractivity contribution in [2.24, 2.45) is 0 Å². The van der Waals surface area contributed by atoms with Crippen LogP contribution in [0.3, 0.4) is 0 Å². The molecule has 0 N–H and O–H groups in total. The highest BCUT2D eigenvalue weighted by Crippen LogP contribution is 2.27. The molecule has 1 aliphatic heterocycles. The minimum Gasteiger partial charge on any atom is -0.491 e. The van der Waals surface area contributed by atoms with E-state index in [-0.39, 0.29) is 17.6 Å². The zero-order chi connectivity index (χ0) is 20.3. The first kappa shape index (κ1) is 20.8. The summed E-state index contributed by atoms with van der Waals surface area (Å²) in [5.41, 5.74) is 0.308. The molecule has 28 heavy (non-hydrogen) atoms. The standard InChI is InChI=1S/C22H25Cl2NO3/c1-22(2,3)28-18-9-7-17(8-10-18)27-14-16-5-4-12-25(16)21(26)15-6-11-19(23)20(24)13-15/h6-11,13,16H,4-5,12,14H2,1-3H3. The van der Waals surface area contributed by atoms with E-state index in [1.54, 1.807) is 18.2 Å². The second kappa shape index (κ2) is 8.62. The molecule has 1 heterocycles. The Morgan fingerprint density at radius 1 is 1.07 bits per heavy atom.